The first-order chi connectivity index (χ1) is 15.1. The molecule has 3 unspecified atom stereocenters. The van der Waals surface area contributed by atoms with E-state index in [0.717, 1.165) is 35.9 Å². The number of benzene rings is 1. The summed E-state index contributed by atoms with van der Waals surface area (Å²) in [5, 5.41) is -4.22. The topological polar surface area (TPSA) is 57.2 Å². The second-order valence-electron chi connectivity index (χ2n) is 13.7. The Bertz CT molecular complexity index is 1040. The molecule has 0 amide bonds. The molecule has 194 valence electrons. The Morgan fingerprint density at radius 2 is 1.53 bits per heavy atom. The summed E-state index contributed by atoms with van der Waals surface area (Å²) < 4.78 is 62.2. The Morgan fingerprint density at radius 1 is 0.971 bits per heavy atom. The molecule has 2 aliphatic rings. The zero-order valence-corrected chi connectivity index (χ0v) is 23.9. The van der Waals surface area contributed by atoms with E-state index in [1.807, 2.05) is 0 Å². The molecule has 0 heterocycles. The van der Waals surface area contributed by atoms with E-state index in [-0.39, 0.29) is 16.2 Å². The molecule has 0 spiro atoms. The van der Waals surface area contributed by atoms with Gasteiger partial charge >= 0.3 is 5.25 Å². The van der Waals surface area contributed by atoms with Crippen LogP contribution in [0.2, 0.25) is 0 Å². The maximum atomic E-state index is 14.4. The summed E-state index contributed by atoms with van der Waals surface area (Å²) in [6.45, 7) is 20.0. The van der Waals surface area contributed by atoms with E-state index in [9.17, 15) is 21.8 Å². The fourth-order valence-electron chi connectivity index (χ4n) is 6.29. The molecule has 1 aromatic rings. The van der Waals surface area contributed by atoms with Gasteiger partial charge in [0, 0.05) is 36.1 Å². The molecule has 3 atom stereocenters. The number of halogens is 2. The Hall–Kier alpha value is -0.660. The fraction of sp³-hybridized carbons (Fsp3) is 0.778. The Morgan fingerprint density at radius 3 is 1.97 bits per heavy atom. The molecule has 0 aromatic heterocycles. The van der Waals surface area contributed by atoms with Crippen molar-refractivity contribution in [3.05, 3.63) is 28.8 Å². The minimum Gasteiger partial charge on any atom is -0.743 e. The zero-order valence-electron chi connectivity index (χ0n) is 22.2. The molecule has 0 saturated heterocycles. The Balaban J connectivity index is 2.15. The molecule has 2 saturated carbocycles. The maximum Gasteiger partial charge on any atom is 0.335 e. The van der Waals surface area contributed by atoms with E-state index >= 15 is 0 Å². The number of hydrogen-bond acceptors (Lipinski definition) is 3. The molecule has 0 radical (unpaired) electrons. The molecule has 3 rings (SSSR count). The van der Waals surface area contributed by atoms with Gasteiger partial charge in [0.1, 0.15) is 4.75 Å². The molecule has 7 heteroatoms. The molecule has 2 fully saturated rings. The number of rotatable bonds is 5. The van der Waals surface area contributed by atoms with Crippen LogP contribution >= 0.6 is 0 Å². The van der Waals surface area contributed by atoms with Crippen LogP contribution in [0.15, 0.2) is 17.0 Å². The van der Waals surface area contributed by atoms with E-state index in [0.29, 0.717) is 12.3 Å². The highest BCUT2D eigenvalue weighted by Gasteiger charge is 2.61. The minimum atomic E-state index is -5.67. The summed E-state index contributed by atoms with van der Waals surface area (Å²) in [5.74, 6) is -0.142. The summed E-state index contributed by atoms with van der Waals surface area (Å²) in [6.07, 6.45) is 2.32. The zero-order chi connectivity index (χ0) is 26.1. The Kier molecular flexibility index (Phi) is 6.93. The van der Waals surface area contributed by atoms with E-state index in [1.54, 1.807) is 0 Å². The van der Waals surface area contributed by atoms with Crippen molar-refractivity contribution in [2.24, 2.45) is 11.8 Å². The highest BCUT2D eigenvalue weighted by atomic mass is 32.2. The van der Waals surface area contributed by atoms with Crippen LogP contribution in [0.4, 0.5) is 8.78 Å². The average Bonchev–Trinajstić information content (AvgIpc) is 3.14. The summed E-state index contributed by atoms with van der Waals surface area (Å²) in [4.78, 5) is 1.16. The quantitative estimate of drug-likeness (QED) is 0.245. The normalized spacial score (nSPS) is 26.4. The van der Waals surface area contributed by atoms with Crippen LogP contribution in [-0.4, -0.2) is 23.0 Å². The lowest BCUT2D eigenvalue weighted by Crippen LogP contribution is -2.41. The fourth-order valence-corrected chi connectivity index (χ4v) is 8.86. The van der Waals surface area contributed by atoms with Crippen molar-refractivity contribution in [2.45, 2.75) is 126 Å². The van der Waals surface area contributed by atoms with Gasteiger partial charge in [0.05, 0.1) is 0 Å². The molecule has 1 aromatic carbocycles. The first-order valence-electron chi connectivity index (χ1n) is 12.3. The smallest absolute Gasteiger partial charge is 0.335 e. The van der Waals surface area contributed by atoms with Gasteiger partial charge in [0.15, 0.2) is 15.0 Å². The van der Waals surface area contributed by atoms with Crippen LogP contribution in [0.5, 0.6) is 0 Å². The van der Waals surface area contributed by atoms with Gasteiger partial charge < -0.3 is 4.55 Å². The number of thiol groups is 1. The first-order valence-corrected chi connectivity index (χ1v) is 14.6. The third kappa shape index (κ3) is 5.22. The van der Waals surface area contributed by atoms with Crippen molar-refractivity contribution < 1.29 is 21.8 Å². The van der Waals surface area contributed by atoms with Gasteiger partial charge in [-0.25, -0.2) is 8.42 Å². The van der Waals surface area contributed by atoms with Gasteiger partial charge in [0.25, 0.3) is 0 Å². The largest absolute Gasteiger partial charge is 0.743 e. The predicted molar refractivity (Wildman–Crippen MR) is 137 cm³/mol. The van der Waals surface area contributed by atoms with Gasteiger partial charge in [-0.05, 0) is 58.6 Å². The van der Waals surface area contributed by atoms with E-state index in [2.05, 4.69) is 74.4 Å². The van der Waals surface area contributed by atoms with E-state index < -0.39 is 32.5 Å². The lowest BCUT2D eigenvalue weighted by atomic mass is 9.69. The van der Waals surface area contributed by atoms with Crippen LogP contribution in [0, 0.1) is 11.8 Å². The standard InChI is InChI=1S/C27H42F2O3S2/c1-23(2,3)19-10-11-20(22(25(7,8)9)21(19)24(4,5)6)33-26-13-12-17(15-26)14-18(26)16-27(28,29)34(30,31)32/h10-11,17-18H,12-16H2,1-9H3,(H,30,31,32). The highest BCUT2D eigenvalue weighted by molar-refractivity contribution is 7.86. The van der Waals surface area contributed by atoms with Crippen molar-refractivity contribution >= 4 is 21.9 Å². The second-order valence-corrected chi connectivity index (χ2v) is 16.8. The van der Waals surface area contributed by atoms with E-state index in [1.165, 1.54) is 16.7 Å². The lowest BCUT2D eigenvalue weighted by molar-refractivity contribution is 0.0445. The Labute approximate surface area is 209 Å². The third-order valence-corrected chi connectivity index (χ3v) is 10.4. The highest BCUT2D eigenvalue weighted by Crippen LogP contribution is 2.58. The van der Waals surface area contributed by atoms with Crippen molar-refractivity contribution in [3.8, 4) is 0 Å². The van der Waals surface area contributed by atoms with Crippen molar-refractivity contribution in [2.75, 3.05) is 0 Å². The number of fused-ring (bicyclic) bond motifs is 2. The van der Waals surface area contributed by atoms with Gasteiger partial charge in [-0.2, -0.15) is 8.78 Å². The van der Waals surface area contributed by atoms with Gasteiger partial charge in [-0.3, -0.25) is 0 Å². The van der Waals surface area contributed by atoms with Gasteiger partial charge in [0.2, 0.25) is 0 Å². The maximum absolute atomic E-state index is 14.4. The molecule has 0 N–H and O–H groups in total. The van der Waals surface area contributed by atoms with Crippen LogP contribution in [0.25, 0.3) is 0 Å². The van der Waals surface area contributed by atoms with Crippen LogP contribution in [0.1, 0.15) is 111 Å². The van der Waals surface area contributed by atoms with Gasteiger partial charge in [-0.15, -0.1) is 0 Å². The first kappa shape index (κ1) is 27.9. The van der Waals surface area contributed by atoms with Crippen LogP contribution in [-0.2, 0) is 38.1 Å². The van der Waals surface area contributed by atoms with Gasteiger partial charge in [-0.1, -0.05) is 68.4 Å². The summed E-state index contributed by atoms with van der Waals surface area (Å²) in [7, 11) is -5.67. The molecule has 0 aliphatic heterocycles. The lowest BCUT2D eigenvalue weighted by Gasteiger charge is -2.38. The summed E-state index contributed by atoms with van der Waals surface area (Å²) in [6, 6.07) is 4.39. The molecular formula is C27H42F2O3S2. The van der Waals surface area contributed by atoms with Crippen molar-refractivity contribution in [1.82, 2.24) is 0 Å². The second kappa shape index (κ2) is 8.44. The van der Waals surface area contributed by atoms with E-state index in [4.69, 9.17) is 0 Å². The monoisotopic (exact) mass is 516 g/mol. The summed E-state index contributed by atoms with van der Waals surface area (Å²) in [5.41, 5.74) is 3.60. The third-order valence-electron chi connectivity index (χ3n) is 7.69. The molecule has 3 nitrogen and oxygen atoms in total. The molecule has 34 heavy (non-hydrogen) atoms. The SMILES string of the molecule is CC(C)(C)c1ccc([SH+]C23CCC(CC2CC(F)(F)S(=O)(=O)[O-])C3)c(C(C)(C)C)c1C(C)(C)C. The molecule has 2 bridgehead atoms. The van der Waals surface area contributed by atoms with Crippen LogP contribution < -0.4 is 0 Å². The minimum absolute atomic E-state index is 0.0464. The number of alkyl halides is 2. The van der Waals surface area contributed by atoms with Crippen molar-refractivity contribution in [3.63, 3.8) is 0 Å². The van der Waals surface area contributed by atoms with Crippen LogP contribution in [0.3, 0.4) is 0 Å². The van der Waals surface area contributed by atoms with Crippen molar-refractivity contribution in [1.29, 1.82) is 0 Å². The predicted octanol–water partition coefficient (Wildman–Crippen LogP) is 6.84. The summed E-state index contributed by atoms with van der Waals surface area (Å²) >= 11 is 0.995. The average molecular weight is 517 g/mol. The molecular weight excluding hydrogens is 474 g/mol. The number of hydrogen-bond donors (Lipinski definition) is 0. The molecule has 2 aliphatic carbocycles.